The van der Waals surface area contributed by atoms with E-state index >= 15 is 0 Å². The van der Waals surface area contributed by atoms with Crippen molar-refractivity contribution < 1.29 is 0 Å². The van der Waals surface area contributed by atoms with Gasteiger partial charge in [0, 0.05) is 38.2 Å². The fraction of sp³-hybridized carbons (Fsp3) is 0.0588. The highest BCUT2D eigenvalue weighted by atomic mass is 15.1. The van der Waals surface area contributed by atoms with Gasteiger partial charge in [-0.2, -0.15) is 0 Å². The quantitative estimate of drug-likeness (QED) is 0.143. The number of hydrogen-bond donors (Lipinski definition) is 0. The molecule has 0 aliphatic rings. The van der Waals surface area contributed by atoms with Crippen LogP contribution >= 0.6 is 0 Å². The molecule has 10 aromatic carbocycles. The SMILES string of the molecule is [C-]#[N+]c1c(-c2ccc(-c3nc(-c4ccccc4)nc(-c4ccccc4)n3)c(-n3c4ccccc4c4cc(-c5cc(C)cc(C)c5)ccc43)c2)cccc1-n1c2ccccc2c2cc(-c3cc(C)cc(C)c3)ccc21. The fourth-order valence-corrected chi connectivity index (χ4v) is 11.2. The van der Waals surface area contributed by atoms with Crippen LogP contribution in [0, 0.1) is 34.3 Å². The van der Waals surface area contributed by atoms with Gasteiger partial charge in [0.05, 0.1) is 40.0 Å². The highest BCUT2D eigenvalue weighted by Gasteiger charge is 2.23. The summed E-state index contributed by atoms with van der Waals surface area (Å²) in [5.74, 6) is 1.71. The molecular formula is C68H48N6. The summed E-state index contributed by atoms with van der Waals surface area (Å²) in [6.07, 6.45) is 0. The predicted molar refractivity (Wildman–Crippen MR) is 306 cm³/mol. The van der Waals surface area contributed by atoms with Gasteiger partial charge in [-0.3, -0.25) is 0 Å². The maximum Gasteiger partial charge on any atom is 0.218 e. The number of aryl methyl sites for hydroxylation is 4. The average Bonchev–Trinajstić information content (AvgIpc) is 3.94. The van der Waals surface area contributed by atoms with Crippen molar-refractivity contribution in [2.75, 3.05) is 0 Å². The molecule has 0 fully saturated rings. The van der Waals surface area contributed by atoms with Crippen molar-refractivity contribution in [3.8, 4) is 78.9 Å². The van der Waals surface area contributed by atoms with Crippen LogP contribution in [0.4, 0.5) is 5.69 Å². The Hall–Kier alpha value is -9.70. The van der Waals surface area contributed by atoms with Gasteiger partial charge in [-0.25, -0.2) is 19.8 Å². The number of para-hydroxylation sites is 3. The molecule has 350 valence electrons. The molecule has 0 radical (unpaired) electrons. The molecular weight excluding hydrogens is 901 g/mol. The van der Waals surface area contributed by atoms with E-state index in [0.717, 1.165) is 93.9 Å². The molecule has 0 saturated heterocycles. The first-order valence-electron chi connectivity index (χ1n) is 25.0. The molecule has 0 saturated carbocycles. The van der Waals surface area contributed by atoms with Crippen molar-refractivity contribution in [3.05, 3.63) is 252 Å². The summed E-state index contributed by atoms with van der Waals surface area (Å²) in [4.78, 5) is 20.1. The van der Waals surface area contributed by atoms with Gasteiger partial charge >= 0.3 is 0 Å². The van der Waals surface area contributed by atoms with Gasteiger partial charge in [0.2, 0.25) is 5.69 Å². The number of aromatic nitrogens is 5. The Morgan fingerprint density at radius 2 is 0.757 bits per heavy atom. The van der Waals surface area contributed by atoms with Crippen LogP contribution in [0.3, 0.4) is 0 Å². The third-order valence-electron chi connectivity index (χ3n) is 14.3. The lowest BCUT2D eigenvalue weighted by Gasteiger charge is -2.18. The Morgan fingerprint density at radius 3 is 1.27 bits per heavy atom. The van der Waals surface area contributed by atoms with E-state index in [-0.39, 0.29) is 0 Å². The Bertz CT molecular complexity index is 4320. The van der Waals surface area contributed by atoms with Gasteiger partial charge < -0.3 is 9.13 Å². The molecule has 13 rings (SSSR count). The van der Waals surface area contributed by atoms with E-state index in [9.17, 15) is 0 Å². The Kier molecular flexibility index (Phi) is 10.7. The summed E-state index contributed by atoms with van der Waals surface area (Å²) in [7, 11) is 0. The molecule has 0 aliphatic carbocycles. The highest BCUT2D eigenvalue weighted by Crippen LogP contribution is 2.45. The van der Waals surface area contributed by atoms with Crippen LogP contribution in [0.5, 0.6) is 0 Å². The normalized spacial score (nSPS) is 11.5. The number of nitrogens with zero attached hydrogens (tertiary/aromatic N) is 6. The Balaban J connectivity index is 1.06. The van der Waals surface area contributed by atoms with E-state index in [0.29, 0.717) is 23.2 Å². The lowest BCUT2D eigenvalue weighted by Crippen LogP contribution is -2.04. The van der Waals surface area contributed by atoms with Crippen LogP contribution in [0.2, 0.25) is 0 Å². The second-order valence-electron chi connectivity index (χ2n) is 19.5. The minimum Gasteiger partial charge on any atom is -0.319 e. The zero-order valence-electron chi connectivity index (χ0n) is 41.5. The first-order valence-corrected chi connectivity index (χ1v) is 25.0. The summed E-state index contributed by atoms with van der Waals surface area (Å²) in [6, 6.07) is 77.1. The first-order chi connectivity index (χ1) is 36.3. The van der Waals surface area contributed by atoms with Crippen molar-refractivity contribution in [1.29, 1.82) is 0 Å². The van der Waals surface area contributed by atoms with Crippen LogP contribution in [0.15, 0.2) is 218 Å². The number of benzene rings is 10. The van der Waals surface area contributed by atoms with Crippen LogP contribution in [0.25, 0.3) is 127 Å². The maximum absolute atomic E-state index is 8.97. The molecule has 0 aliphatic heterocycles. The Morgan fingerprint density at radius 1 is 0.311 bits per heavy atom. The van der Waals surface area contributed by atoms with Crippen molar-refractivity contribution in [2.45, 2.75) is 27.7 Å². The predicted octanol–water partition coefficient (Wildman–Crippen LogP) is 17.9. The molecule has 3 heterocycles. The van der Waals surface area contributed by atoms with Crippen LogP contribution in [-0.2, 0) is 0 Å². The van der Waals surface area contributed by atoms with E-state index in [1.165, 1.54) is 33.4 Å². The average molecular weight is 949 g/mol. The van der Waals surface area contributed by atoms with Gasteiger partial charge in [-0.05, 0) is 116 Å². The van der Waals surface area contributed by atoms with Gasteiger partial charge in [0.1, 0.15) is 0 Å². The summed E-state index contributed by atoms with van der Waals surface area (Å²) in [5, 5.41) is 4.54. The molecule has 0 N–H and O–H groups in total. The van der Waals surface area contributed by atoms with Crippen LogP contribution < -0.4 is 0 Å². The van der Waals surface area contributed by atoms with Crippen LogP contribution in [-0.4, -0.2) is 24.1 Å². The number of fused-ring (bicyclic) bond motifs is 6. The van der Waals surface area contributed by atoms with Gasteiger partial charge in [-0.15, -0.1) is 0 Å². The molecule has 0 atom stereocenters. The third-order valence-corrected chi connectivity index (χ3v) is 14.3. The maximum atomic E-state index is 8.97. The minimum atomic E-state index is 0.543. The lowest BCUT2D eigenvalue weighted by atomic mass is 9.98. The molecule has 6 nitrogen and oxygen atoms in total. The summed E-state index contributed by atoms with van der Waals surface area (Å²) in [6.45, 7) is 17.6. The third kappa shape index (κ3) is 7.62. The number of rotatable bonds is 8. The van der Waals surface area contributed by atoms with E-state index in [1.54, 1.807) is 0 Å². The fourth-order valence-electron chi connectivity index (χ4n) is 11.2. The van der Waals surface area contributed by atoms with E-state index < -0.39 is 0 Å². The molecule has 0 unspecified atom stereocenters. The molecule has 74 heavy (non-hydrogen) atoms. The van der Waals surface area contributed by atoms with Gasteiger partial charge in [0.15, 0.2) is 17.5 Å². The van der Waals surface area contributed by atoms with Crippen molar-refractivity contribution in [1.82, 2.24) is 24.1 Å². The smallest absolute Gasteiger partial charge is 0.218 e. The van der Waals surface area contributed by atoms with E-state index in [1.807, 2.05) is 60.7 Å². The van der Waals surface area contributed by atoms with Gasteiger partial charge in [-0.1, -0.05) is 186 Å². The molecule has 0 spiro atoms. The zero-order chi connectivity index (χ0) is 50.0. The van der Waals surface area contributed by atoms with Crippen molar-refractivity contribution in [2.24, 2.45) is 0 Å². The molecule has 3 aromatic heterocycles. The zero-order valence-corrected chi connectivity index (χ0v) is 41.5. The molecule has 6 heteroatoms. The molecule has 13 aromatic rings. The standard InChI is InChI=1S/C68H48N6/c1-42-33-43(2)36-51(35-42)48-28-31-61-57(39-48)54-21-12-14-24-59(54)73(61)63-26-16-23-53(65(63)69-5)50-27-30-56(68-71-66(46-17-8-6-9-18-46)70-67(72-68)47-19-10-7-11-20-47)64(41-50)74-60-25-15-13-22-55(60)58-40-49(29-32-62(58)74)52-37-44(3)34-45(4)38-52/h6-41H,1-4H3. The number of hydrogen-bond acceptors (Lipinski definition) is 3. The van der Waals surface area contributed by atoms with E-state index in [2.05, 4.69) is 199 Å². The minimum absolute atomic E-state index is 0.543. The largest absolute Gasteiger partial charge is 0.319 e. The molecule has 0 bridgehead atoms. The van der Waals surface area contributed by atoms with Crippen LogP contribution in [0.1, 0.15) is 22.3 Å². The van der Waals surface area contributed by atoms with E-state index in [4.69, 9.17) is 21.5 Å². The molecule has 0 amide bonds. The van der Waals surface area contributed by atoms with Gasteiger partial charge in [0.25, 0.3) is 0 Å². The summed E-state index contributed by atoms with van der Waals surface area (Å²) in [5.41, 5.74) is 20.4. The highest BCUT2D eigenvalue weighted by molar-refractivity contribution is 6.12. The monoisotopic (exact) mass is 948 g/mol. The summed E-state index contributed by atoms with van der Waals surface area (Å²) < 4.78 is 4.62. The lowest BCUT2D eigenvalue weighted by molar-refractivity contribution is 1.06. The second kappa shape index (κ2) is 17.9. The second-order valence-corrected chi connectivity index (χ2v) is 19.5. The Labute approximate surface area is 430 Å². The van der Waals surface area contributed by atoms with Crippen molar-refractivity contribution in [3.63, 3.8) is 0 Å². The van der Waals surface area contributed by atoms with Crippen molar-refractivity contribution >= 4 is 49.3 Å². The first kappa shape index (κ1) is 44.3. The summed E-state index contributed by atoms with van der Waals surface area (Å²) >= 11 is 0. The topological polar surface area (TPSA) is 52.9 Å².